The van der Waals surface area contributed by atoms with Gasteiger partial charge in [-0.25, -0.2) is 0 Å². The van der Waals surface area contributed by atoms with Crippen LogP contribution in [-0.4, -0.2) is 50.8 Å². The van der Waals surface area contributed by atoms with Crippen molar-refractivity contribution in [2.45, 2.75) is 6.42 Å². The van der Waals surface area contributed by atoms with Gasteiger partial charge in [0, 0.05) is 13.0 Å². The molecule has 0 aromatic rings. The number of aliphatic hydroxyl groups is 1. The number of rotatable bonds is 4. The van der Waals surface area contributed by atoms with Crippen LogP contribution >= 0.6 is 0 Å². The summed E-state index contributed by atoms with van der Waals surface area (Å²) in [7, 11) is 6.00. The summed E-state index contributed by atoms with van der Waals surface area (Å²) in [5.74, 6) is 0. The van der Waals surface area contributed by atoms with E-state index in [-0.39, 0.29) is 6.61 Å². The number of nitrogens with zero attached hydrogens (tertiary/aromatic N) is 1. The zero-order valence-corrected chi connectivity index (χ0v) is 7.41. The quantitative estimate of drug-likeness (QED) is 0.457. The highest BCUT2D eigenvalue weighted by Crippen LogP contribution is 1.73. The molecular formula is C7H17NO3. The zero-order chi connectivity index (χ0) is 9.11. The molecule has 0 amide bonds. The molecule has 68 valence electrons. The first-order valence-electron chi connectivity index (χ1n) is 3.42. The van der Waals surface area contributed by atoms with Crippen molar-refractivity contribution in [2.24, 2.45) is 0 Å². The van der Waals surface area contributed by atoms with E-state index in [4.69, 9.17) is 5.11 Å². The zero-order valence-electron chi connectivity index (χ0n) is 7.41. The summed E-state index contributed by atoms with van der Waals surface area (Å²) in [6, 6.07) is 0. The largest absolute Gasteiger partial charge is 0.468 e. The van der Waals surface area contributed by atoms with Gasteiger partial charge in [0.2, 0.25) is 0 Å². The van der Waals surface area contributed by atoms with Crippen molar-refractivity contribution in [3.05, 3.63) is 0 Å². The Bertz CT molecular complexity index is 73.3. The van der Waals surface area contributed by atoms with E-state index >= 15 is 0 Å². The number of ether oxygens (including phenoxy) is 1. The number of carbonyl (C=O) groups is 1. The molecule has 0 saturated carbocycles. The van der Waals surface area contributed by atoms with Gasteiger partial charge in [-0.1, -0.05) is 0 Å². The summed E-state index contributed by atoms with van der Waals surface area (Å²) >= 11 is 0. The van der Waals surface area contributed by atoms with Crippen LogP contribution in [0.1, 0.15) is 6.42 Å². The Hall–Kier alpha value is -0.610. The van der Waals surface area contributed by atoms with Crippen molar-refractivity contribution >= 4 is 6.47 Å². The van der Waals surface area contributed by atoms with E-state index in [9.17, 15) is 4.79 Å². The Balaban J connectivity index is 0. The second-order valence-corrected chi connectivity index (χ2v) is 2.39. The molecule has 0 aromatic heterocycles. The molecule has 4 nitrogen and oxygen atoms in total. The van der Waals surface area contributed by atoms with Gasteiger partial charge in [-0.05, 0) is 21.1 Å². The molecule has 1 N–H and O–H groups in total. The maximum atomic E-state index is 9.38. The van der Waals surface area contributed by atoms with Gasteiger partial charge in [0.1, 0.15) is 0 Å². The van der Waals surface area contributed by atoms with Crippen molar-refractivity contribution in [1.82, 2.24) is 4.90 Å². The van der Waals surface area contributed by atoms with Crippen LogP contribution in [0.5, 0.6) is 0 Å². The number of carbonyl (C=O) groups excluding carboxylic acids is 1. The molecule has 0 unspecified atom stereocenters. The Morgan fingerprint density at radius 2 is 1.91 bits per heavy atom. The fraction of sp³-hybridized carbons (Fsp3) is 0.857. The Morgan fingerprint density at radius 3 is 2.18 bits per heavy atom. The van der Waals surface area contributed by atoms with Gasteiger partial charge in [-0.15, -0.1) is 0 Å². The summed E-state index contributed by atoms with van der Waals surface area (Å²) in [5, 5.41) is 8.10. The molecular weight excluding hydrogens is 146 g/mol. The number of aliphatic hydroxyl groups excluding tert-OH is 1. The van der Waals surface area contributed by atoms with Crippen LogP contribution in [0.3, 0.4) is 0 Å². The monoisotopic (exact) mass is 163 g/mol. The summed E-state index contributed by atoms with van der Waals surface area (Å²) in [6.45, 7) is 0.767. The van der Waals surface area contributed by atoms with E-state index in [1.807, 2.05) is 26.0 Å². The van der Waals surface area contributed by atoms with Crippen LogP contribution in [0, 0.1) is 0 Å². The second kappa shape index (κ2) is 12.1. The fourth-order valence-corrected chi connectivity index (χ4v) is 0.196. The Labute approximate surface area is 67.8 Å². The van der Waals surface area contributed by atoms with Crippen molar-refractivity contribution in [3.8, 4) is 0 Å². The minimum Gasteiger partial charge on any atom is -0.468 e. The van der Waals surface area contributed by atoms with E-state index in [0.29, 0.717) is 19.5 Å². The smallest absolute Gasteiger partial charge is 0.293 e. The maximum absolute atomic E-state index is 9.38. The van der Waals surface area contributed by atoms with Gasteiger partial charge in [0.15, 0.2) is 0 Å². The fourth-order valence-electron chi connectivity index (χ4n) is 0.196. The summed E-state index contributed by atoms with van der Waals surface area (Å²) in [6.07, 6.45) is 0.527. The SMILES string of the molecule is CN(C)C.O=COCCCO. The highest BCUT2D eigenvalue weighted by molar-refractivity contribution is 5.36. The maximum Gasteiger partial charge on any atom is 0.293 e. The van der Waals surface area contributed by atoms with Crippen LogP contribution < -0.4 is 0 Å². The van der Waals surface area contributed by atoms with Crippen molar-refractivity contribution in [2.75, 3.05) is 34.4 Å². The van der Waals surface area contributed by atoms with E-state index < -0.39 is 0 Å². The summed E-state index contributed by atoms with van der Waals surface area (Å²) < 4.78 is 4.23. The van der Waals surface area contributed by atoms with Crippen LogP contribution in [-0.2, 0) is 9.53 Å². The molecule has 0 radical (unpaired) electrons. The molecule has 0 saturated heterocycles. The molecule has 0 aromatic carbocycles. The second-order valence-electron chi connectivity index (χ2n) is 2.39. The molecule has 0 heterocycles. The standard InChI is InChI=1S/C4H8O3.C3H9N/c5-2-1-3-7-4-6;1-4(2)3/h4-5H,1-3H2;1-3H3. The predicted octanol–water partition coefficient (Wildman–Crippen LogP) is -0.280. The summed E-state index contributed by atoms with van der Waals surface area (Å²) in [4.78, 5) is 11.4. The molecule has 4 heteroatoms. The lowest BCUT2D eigenvalue weighted by Crippen LogP contribution is -1.99. The first-order valence-corrected chi connectivity index (χ1v) is 3.42. The van der Waals surface area contributed by atoms with Crippen LogP contribution in [0.2, 0.25) is 0 Å². The van der Waals surface area contributed by atoms with Gasteiger partial charge < -0.3 is 14.7 Å². The van der Waals surface area contributed by atoms with Gasteiger partial charge >= 0.3 is 0 Å². The first-order chi connectivity index (χ1) is 5.15. The topological polar surface area (TPSA) is 49.8 Å². The van der Waals surface area contributed by atoms with Gasteiger partial charge in [0.05, 0.1) is 6.61 Å². The number of hydrogen-bond acceptors (Lipinski definition) is 4. The summed E-state index contributed by atoms with van der Waals surface area (Å²) in [5.41, 5.74) is 0. The normalized spacial score (nSPS) is 8.45. The van der Waals surface area contributed by atoms with Crippen molar-refractivity contribution in [1.29, 1.82) is 0 Å². The molecule has 0 spiro atoms. The predicted molar refractivity (Wildman–Crippen MR) is 43.3 cm³/mol. The molecule has 0 atom stereocenters. The third-order valence-electron chi connectivity index (χ3n) is 0.488. The average Bonchev–Trinajstić information content (AvgIpc) is 1.88. The van der Waals surface area contributed by atoms with E-state index in [0.717, 1.165) is 0 Å². The minimum atomic E-state index is 0.0772. The van der Waals surface area contributed by atoms with Gasteiger partial charge in [0.25, 0.3) is 6.47 Å². The minimum absolute atomic E-state index is 0.0772. The van der Waals surface area contributed by atoms with Crippen LogP contribution in [0.25, 0.3) is 0 Å². The third-order valence-corrected chi connectivity index (χ3v) is 0.488. The molecule has 0 bridgehead atoms. The van der Waals surface area contributed by atoms with Gasteiger partial charge in [-0.3, -0.25) is 4.79 Å². The first kappa shape index (κ1) is 13.0. The van der Waals surface area contributed by atoms with E-state index in [1.54, 1.807) is 0 Å². The highest BCUT2D eigenvalue weighted by atomic mass is 16.5. The van der Waals surface area contributed by atoms with E-state index in [1.165, 1.54) is 0 Å². The van der Waals surface area contributed by atoms with Crippen LogP contribution in [0.15, 0.2) is 0 Å². The van der Waals surface area contributed by atoms with Crippen LogP contribution in [0.4, 0.5) is 0 Å². The molecule has 0 aliphatic heterocycles. The lowest BCUT2D eigenvalue weighted by atomic mass is 10.5. The lowest BCUT2D eigenvalue weighted by molar-refractivity contribution is -0.128. The molecule has 0 rings (SSSR count). The molecule has 11 heavy (non-hydrogen) atoms. The number of hydrogen-bond donors (Lipinski definition) is 1. The Kier molecular flexibility index (Phi) is 14.3. The third kappa shape index (κ3) is 44.6. The molecule has 0 aliphatic rings. The van der Waals surface area contributed by atoms with Crippen molar-refractivity contribution in [3.63, 3.8) is 0 Å². The van der Waals surface area contributed by atoms with Crippen molar-refractivity contribution < 1.29 is 14.6 Å². The Morgan fingerprint density at radius 1 is 1.45 bits per heavy atom. The highest BCUT2D eigenvalue weighted by Gasteiger charge is 1.79. The van der Waals surface area contributed by atoms with E-state index in [2.05, 4.69) is 4.74 Å². The average molecular weight is 163 g/mol. The molecule has 0 fully saturated rings. The van der Waals surface area contributed by atoms with Gasteiger partial charge in [-0.2, -0.15) is 0 Å². The molecule has 0 aliphatic carbocycles. The lowest BCUT2D eigenvalue weighted by Gasteiger charge is -1.90.